The van der Waals surface area contributed by atoms with E-state index in [2.05, 4.69) is 157 Å². The summed E-state index contributed by atoms with van der Waals surface area (Å²) >= 11 is 3.74. The average Bonchev–Trinajstić information content (AvgIpc) is 3.62. The topological polar surface area (TPSA) is 3.24 Å². The van der Waals surface area contributed by atoms with Crippen molar-refractivity contribution in [1.82, 2.24) is 0 Å². The molecule has 0 spiro atoms. The van der Waals surface area contributed by atoms with E-state index < -0.39 is 0 Å². The predicted molar refractivity (Wildman–Crippen MR) is 190 cm³/mol. The smallest absolute Gasteiger partial charge is 0.0476 e. The molecule has 0 bridgehead atoms. The minimum absolute atomic E-state index is 1.14. The first-order valence-electron chi connectivity index (χ1n) is 14.5. The highest BCUT2D eigenvalue weighted by molar-refractivity contribution is 7.26. The van der Waals surface area contributed by atoms with Crippen molar-refractivity contribution in [1.29, 1.82) is 0 Å². The van der Waals surface area contributed by atoms with Gasteiger partial charge in [0.15, 0.2) is 0 Å². The van der Waals surface area contributed by atoms with Crippen molar-refractivity contribution < 1.29 is 0 Å². The fraction of sp³-hybridized carbons (Fsp3) is 0. The van der Waals surface area contributed by atoms with Crippen LogP contribution in [0.3, 0.4) is 0 Å². The molecule has 0 aliphatic carbocycles. The van der Waals surface area contributed by atoms with Crippen LogP contribution in [0.4, 0.5) is 17.1 Å². The van der Waals surface area contributed by atoms with Crippen LogP contribution in [0.2, 0.25) is 0 Å². The molecule has 43 heavy (non-hydrogen) atoms. The van der Waals surface area contributed by atoms with Crippen LogP contribution in [0.1, 0.15) is 0 Å². The Balaban J connectivity index is 1.12. The van der Waals surface area contributed by atoms with E-state index in [1.54, 1.807) is 0 Å². The van der Waals surface area contributed by atoms with Crippen LogP contribution in [0.25, 0.3) is 62.2 Å². The third-order valence-electron chi connectivity index (χ3n) is 8.43. The maximum absolute atomic E-state index is 2.36. The lowest BCUT2D eigenvalue weighted by molar-refractivity contribution is 1.29. The molecule has 0 atom stereocenters. The molecule has 0 aliphatic heterocycles. The summed E-state index contributed by atoms with van der Waals surface area (Å²) in [5, 5.41) is 7.90. The lowest BCUT2D eigenvalue weighted by Crippen LogP contribution is -2.09. The lowest BCUT2D eigenvalue weighted by atomic mass is 9.99. The highest BCUT2D eigenvalue weighted by atomic mass is 32.1. The summed E-state index contributed by atoms with van der Waals surface area (Å²) in [6, 6.07) is 55.5. The SMILES string of the molecule is c1ccc(N(c2ccc(-c3ccc4cc5c(cc4c3)sc3ccccc35)cc2)c2ccc3c(c2)sc2ccccc23)cc1. The second-order valence-electron chi connectivity index (χ2n) is 11.0. The third-order valence-corrected chi connectivity index (χ3v) is 10.7. The molecule has 0 saturated heterocycles. The van der Waals surface area contributed by atoms with Crippen molar-refractivity contribution in [2.45, 2.75) is 0 Å². The highest BCUT2D eigenvalue weighted by Gasteiger charge is 2.15. The van der Waals surface area contributed by atoms with E-state index in [9.17, 15) is 0 Å². The molecule has 9 aromatic rings. The largest absolute Gasteiger partial charge is 0.310 e. The summed E-state index contributed by atoms with van der Waals surface area (Å²) in [5.41, 5.74) is 5.90. The first-order valence-corrected chi connectivity index (χ1v) is 16.1. The molecular weight excluding hydrogens is 559 g/mol. The van der Waals surface area contributed by atoms with Crippen LogP contribution in [0.5, 0.6) is 0 Å². The fourth-order valence-corrected chi connectivity index (χ4v) is 8.60. The Kier molecular flexibility index (Phi) is 5.62. The zero-order valence-corrected chi connectivity index (χ0v) is 24.8. The van der Waals surface area contributed by atoms with E-state index in [-0.39, 0.29) is 0 Å². The number of rotatable bonds is 4. The van der Waals surface area contributed by atoms with E-state index in [1.807, 2.05) is 22.7 Å². The molecule has 0 fully saturated rings. The minimum Gasteiger partial charge on any atom is -0.310 e. The number of anilines is 3. The first-order chi connectivity index (χ1) is 21.3. The number of nitrogens with zero attached hydrogens (tertiary/aromatic N) is 1. The van der Waals surface area contributed by atoms with Crippen LogP contribution in [-0.4, -0.2) is 0 Å². The van der Waals surface area contributed by atoms with E-state index in [0.717, 1.165) is 17.1 Å². The lowest BCUT2D eigenvalue weighted by Gasteiger charge is -2.25. The zero-order chi connectivity index (χ0) is 28.3. The number of thiophene rings is 2. The molecule has 0 saturated carbocycles. The maximum atomic E-state index is 2.36. The summed E-state index contributed by atoms with van der Waals surface area (Å²) < 4.78 is 5.32. The van der Waals surface area contributed by atoms with Gasteiger partial charge in [0.2, 0.25) is 0 Å². The Morgan fingerprint density at radius 2 is 0.907 bits per heavy atom. The number of benzene rings is 7. The van der Waals surface area contributed by atoms with Gasteiger partial charge < -0.3 is 4.90 Å². The van der Waals surface area contributed by atoms with Crippen molar-refractivity contribution in [2.24, 2.45) is 0 Å². The van der Waals surface area contributed by atoms with Gasteiger partial charge in [-0.15, -0.1) is 22.7 Å². The molecule has 9 rings (SSSR count). The van der Waals surface area contributed by atoms with Gasteiger partial charge in [-0.05, 0) is 88.6 Å². The molecular formula is C40H25NS2. The Morgan fingerprint density at radius 1 is 0.326 bits per heavy atom. The van der Waals surface area contributed by atoms with Crippen molar-refractivity contribution >= 4 is 90.9 Å². The van der Waals surface area contributed by atoms with E-state index in [4.69, 9.17) is 0 Å². The Hall–Kier alpha value is -4.96. The second kappa shape index (κ2) is 9.81. The molecule has 1 nitrogen and oxygen atoms in total. The van der Waals surface area contributed by atoms with Gasteiger partial charge in [0, 0.05) is 57.4 Å². The molecule has 3 heteroatoms. The first kappa shape index (κ1) is 24.6. The van der Waals surface area contributed by atoms with Crippen LogP contribution in [0, 0.1) is 0 Å². The van der Waals surface area contributed by atoms with Crippen molar-refractivity contribution in [3.8, 4) is 11.1 Å². The highest BCUT2D eigenvalue weighted by Crippen LogP contribution is 2.41. The molecule has 2 heterocycles. The van der Waals surface area contributed by atoms with Gasteiger partial charge in [0.1, 0.15) is 0 Å². The Morgan fingerprint density at radius 3 is 1.67 bits per heavy atom. The monoisotopic (exact) mass is 583 g/mol. The van der Waals surface area contributed by atoms with E-state index >= 15 is 0 Å². The van der Waals surface area contributed by atoms with Crippen LogP contribution in [0.15, 0.2) is 152 Å². The van der Waals surface area contributed by atoms with Crippen LogP contribution >= 0.6 is 22.7 Å². The van der Waals surface area contributed by atoms with Crippen molar-refractivity contribution in [3.05, 3.63) is 152 Å². The van der Waals surface area contributed by atoms with Gasteiger partial charge in [-0.3, -0.25) is 0 Å². The van der Waals surface area contributed by atoms with Gasteiger partial charge in [-0.25, -0.2) is 0 Å². The molecule has 2 aromatic heterocycles. The molecule has 0 radical (unpaired) electrons. The number of hydrogen-bond donors (Lipinski definition) is 0. The molecule has 0 aliphatic rings. The molecule has 0 unspecified atom stereocenters. The maximum Gasteiger partial charge on any atom is 0.0476 e. The summed E-state index contributed by atoms with van der Waals surface area (Å²) in [5.74, 6) is 0. The standard InChI is InChI=1S/C40H25NS2/c1-2-8-30(9-3-1)41(32-20-21-35-33-10-4-6-12-37(33)43-40(35)25-32)31-18-16-26(17-19-31)27-14-15-28-23-36-34-11-5-7-13-38(34)42-39(36)24-29(28)22-27/h1-25H. The minimum atomic E-state index is 1.14. The normalized spacial score (nSPS) is 11.7. The van der Waals surface area contributed by atoms with Crippen molar-refractivity contribution in [3.63, 3.8) is 0 Å². The van der Waals surface area contributed by atoms with Crippen molar-refractivity contribution in [2.75, 3.05) is 4.90 Å². The van der Waals surface area contributed by atoms with Gasteiger partial charge in [-0.2, -0.15) is 0 Å². The Bertz CT molecular complexity index is 2450. The Labute approximate surface area is 257 Å². The predicted octanol–water partition coefficient (Wildman–Crippen LogP) is 12.7. The average molecular weight is 584 g/mol. The molecule has 0 N–H and O–H groups in total. The zero-order valence-electron chi connectivity index (χ0n) is 23.2. The van der Waals surface area contributed by atoms with E-state index in [1.165, 1.54) is 62.2 Å². The molecule has 202 valence electrons. The number of fused-ring (bicyclic) bond motifs is 7. The number of hydrogen-bond acceptors (Lipinski definition) is 3. The van der Waals surface area contributed by atoms with Gasteiger partial charge >= 0.3 is 0 Å². The van der Waals surface area contributed by atoms with Crippen LogP contribution in [-0.2, 0) is 0 Å². The van der Waals surface area contributed by atoms with E-state index in [0.29, 0.717) is 0 Å². The second-order valence-corrected chi connectivity index (χ2v) is 13.2. The molecule has 0 amide bonds. The van der Waals surface area contributed by atoms with Crippen LogP contribution < -0.4 is 4.90 Å². The third kappa shape index (κ3) is 4.12. The summed E-state index contributed by atoms with van der Waals surface area (Å²) in [7, 11) is 0. The fourth-order valence-electron chi connectivity index (χ4n) is 6.33. The number of para-hydroxylation sites is 1. The summed E-state index contributed by atoms with van der Waals surface area (Å²) in [4.78, 5) is 2.35. The van der Waals surface area contributed by atoms with Gasteiger partial charge in [0.05, 0.1) is 0 Å². The van der Waals surface area contributed by atoms with Gasteiger partial charge in [-0.1, -0.05) is 84.9 Å². The summed E-state index contributed by atoms with van der Waals surface area (Å²) in [6.07, 6.45) is 0. The summed E-state index contributed by atoms with van der Waals surface area (Å²) in [6.45, 7) is 0. The molecule has 7 aromatic carbocycles. The van der Waals surface area contributed by atoms with Gasteiger partial charge in [0.25, 0.3) is 0 Å². The quantitative estimate of drug-likeness (QED) is 0.199.